The lowest BCUT2D eigenvalue weighted by atomic mass is 9.96. The number of thiazole rings is 1. The molecule has 0 aliphatic heterocycles. The first-order chi connectivity index (χ1) is 8.47. The molecule has 2 aromatic rings. The maximum atomic E-state index is 4.51. The Kier molecular flexibility index (Phi) is 3.97. The van der Waals surface area contributed by atoms with Crippen LogP contribution in [0.4, 0.5) is 5.13 Å². The van der Waals surface area contributed by atoms with Gasteiger partial charge in [-0.3, -0.25) is 0 Å². The van der Waals surface area contributed by atoms with Crippen LogP contribution in [0.5, 0.6) is 0 Å². The van der Waals surface area contributed by atoms with E-state index < -0.39 is 0 Å². The van der Waals surface area contributed by atoms with Gasteiger partial charge in [-0.05, 0) is 0 Å². The number of hydrogen-bond acceptors (Lipinski definition) is 6. The standard InChI is InChI=1S/C12H18N4S2/c1-8(9-13-5-6-17-9)7-14-11-15-10(16-18-11)12(2,3)4/h5-6,8H,7H2,1-4H3,(H,14,15,16). The molecule has 0 aliphatic carbocycles. The van der Waals surface area contributed by atoms with Gasteiger partial charge in [0, 0.05) is 41.0 Å². The molecule has 1 atom stereocenters. The van der Waals surface area contributed by atoms with Crippen molar-refractivity contribution in [1.82, 2.24) is 14.3 Å². The fourth-order valence-corrected chi connectivity index (χ4v) is 2.87. The van der Waals surface area contributed by atoms with E-state index in [1.54, 1.807) is 11.3 Å². The Morgan fingerprint density at radius 2 is 2.17 bits per heavy atom. The van der Waals surface area contributed by atoms with E-state index in [4.69, 9.17) is 0 Å². The zero-order valence-corrected chi connectivity index (χ0v) is 12.7. The van der Waals surface area contributed by atoms with Crippen LogP contribution in [0.25, 0.3) is 0 Å². The van der Waals surface area contributed by atoms with Gasteiger partial charge in [-0.2, -0.15) is 4.37 Å². The van der Waals surface area contributed by atoms with Crippen molar-refractivity contribution in [3.8, 4) is 0 Å². The van der Waals surface area contributed by atoms with Crippen LogP contribution in [0, 0.1) is 0 Å². The topological polar surface area (TPSA) is 50.7 Å². The van der Waals surface area contributed by atoms with Crippen molar-refractivity contribution in [2.24, 2.45) is 0 Å². The van der Waals surface area contributed by atoms with Gasteiger partial charge in [0.25, 0.3) is 0 Å². The Morgan fingerprint density at radius 3 is 2.72 bits per heavy atom. The van der Waals surface area contributed by atoms with Gasteiger partial charge >= 0.3 is 0 Å². The van der Waals surface area contributed by atoms with Crippen molar-refractivity contribution in [2.45, 2.75) is 39.0 Å². The van der Waals surface area contributed by atoms with Crippen molar-refractivity contribution < 1.29 is 0 Å². The third kappa shape index (κ3) is 3.26. The first-order valence-electron chi connectivity index (χ1n) is 5.94. The monoisotopic (exact) mass is 282 g/mol. The van der Waals surface area contributed by atoms with Crippen LogP contribution in [0.15, 0.2) is 11.6 Å². The van der Waals surface area contributed by atoms with Crippen molar-refractivity contribution >= 4 is 28.0 Å². The van der Waals surface area contributed by atoms with Crippen LogP contribution in [-0.4, -0.2) is 20.9 Å². The minimum atomic E-state index is 0.0113. The molecule has 0 bridgehead atoms. The van der Waals surface area contributed by atoms with Gasteiger partial charge in [-0.25, -0.2) is 9.97 Å². The summed E-state index contributed by atoms with van der Waals surface area (Å²) in [6.07, 6.45) is 1.85. The molecule has 4 nitrogen and oxygen atoms in total. The Balaban J connectivity index is 1.93. The van der Waals surface area contributed by atoms with Crippen molar-refractivity contribution in [3.05, 3.63) is 22.4 Å². The fourth-order valence-electron chi connectivity index (χ4n) is 1.41. The summed E-state index contributed by atoms with van der Waals surface area (Å²) in [7, 11) is 0. The van der Waals surface area contributed by atoms with Gasteiger partial charge in [0.15, 0.2) is 0 Å². The molecule has 6 heteroatoms. The van der Waals surface area contributed by atoms with Gasteiger partial charge in [-0.1, -0.05) is 27.7 Å². The molecule has 2 rings (SSSR count). The molecule has 0 spiro atoms. The zero-order valence-electron chi connectivity index (χ0n) is 11.1. The molecule has 0 radical (unpaired) electrons. The van der Waals surface area contributed by atoms with Crippen LogP contribution in [-0.2, 0) is 5.41 Å². The first-order valence-corrected chi connectivity index (χ1v) is 7.59. The molecule has 2 heterocycles. The molecule has 0 saturated carbocycles. The predicted molar refractivity (Wildman–Crippen MR) is 77.6 cm³/mol. The number of nitrogens with zero attached hydrogens (tertiary/aromatic N) is 3. The van der Waals surface area contributed by atoms with Crippen LogP contribution < -0.4 is 5.32 Å². The second kappa shape index (κ2) is 5.32. The van der Waals surface area contributed by atoms with Gasteiger partial charge in [0.05, 0.1) is 5.01 Å². The van der Waals surface area contributed by atoms with E-state index >= 15 is 0 Å². The van der Waals surface area contributed by atoms with E-state index in [0.717, 1.165) is 22.5 Å². The van der Waals surface area contributed by atoms with Crippen molar-refractivity contribution in [2.75, 3.05) is 11.9 Å². The fraction of sp³-hybridized carbons (Fsp3) is 0.583. The smallest absolute Gasteiger partial charge is 0.202 e. The lowest BCUT2D eigenvalue weighted by Crippen LogP contribution is -2.14. The summed E-state index contributed by atoms with van der Waals surface area (Å²) < 4.78 is 4.38. The van der Waals surface area contributed by atoms with E-state index in [-0.39, 0.29) is 5.41 Å². The number of rotatable bonds is 4. The average molecular weight is 282 g/mol. The Morgan fingerprint density at radius 1 is 1.39 bits per heavy atom. The summed E-state index contributed by atoms with van der Waals surface area (Å²) >= 11 is 3.12. The van der Waals surface area contributed by atoms with Crippen LogP contribution in [0.1, 0.15) is 44.4 Å². The summed E-state index contributed by atoms with van der Waals surface area (Å²) in [4.78, 5) is 8.83. The highest BCUT2D eigenvalue weighted by Crippen LogP contribution is 2.24. The van der Waals surface area contributed by atoms with E-state index in [2.05, 4.69) is 47.4 Å². The zero-order chi connectivity index (χ0) is 13.2. The second-order valence-corrected chi connectivity index (χ2v) is 7.00. The molecule has 0 saturated heterocycles. The minimum absolute atomic E-state index is 0.0113. The van der Waals surface area contributed by atoms with Gasteiger partial charge in [0.1, 0.15) is 5.82 Å². The lowest BCUT2D eigenvalue weighted by molar-refractivity contribution is 0.555. The third-order valence-corrected chi connectivity index (χ3v) is 4.21. The van der Waals surface area contributed by atoms with Crippen LogP contribution >= 0.6 is 22.9 Å². The highest BCUT2D eigenvalue weighted by atomic mass is 32.1. The minimum Gasteiger partial charge on any atom is -0.360 e. The predicted octanol–water partition coefficient (Wildman–Crippen LogP) is 3.51. The second-order valence-electron chi connectivity index (χ2n) is 5.33. The number of aromatic nitrogens is 3. The van der Waals surface area contributed by atoms with E-state index in [1.807, 2.05) is 11.6 Å². The SMILES string of the molecule is CC(CNc1nc(C(C)(C)C)ns1)c1nccs1. The molecule has 1 N–H and O–H groups in total. The largest absolute Gasteiger partial charge is 0.360 e. The summed E-state index contributed by atoms with van der Waals surface area (Å²) in [5, 5.41) is 7.39. The molecule has 18 heavy (non-hydrogen) atoms. The third-order valence-electron chi connectivity index (χ3n) is 2.53. The quantitative estimate of drug-likeness (QED) is 0.932. The average Bonchev–Trinajstić information content (AvgIpc) is 2.96. The van der Waals surface area contributed by atoms with Crippen molar-refractivity contribution in [1.29, 1.82) is 0 Å². The molecule has 0 amide bonds. The van der Waals surface area contributed by atoms with E-state index in [0.29, 0.717) is 5.92 Å². The maximum absolute atomic E-state index is 4.51. The van der Waals surface area contributed by atoms with E-state index in [1.165, 1.54) is 11.5 Å². The van der Waals surface area contributed by atoms with Crippen LogP contribution in [0.2, 0.25) is 0 Å². The summed E-state index contributed by atoms with van der Waals surface area (Å²) in [5.41, 5.74) is 0.0113. The maximum Gasteiger partial charge on any atom is 0.202 e. The Bertz CT molecular complexity index is 484. The lowest BCUT2D eigenvalue weighted by Gasteiger charge is -2.12. The van der Waals surface area contributed by atoms with Gasteiger partial charge in [0.2, 0.25) is 5.13 Å². The number of anilines is 1. The molecule has 0 fully saturated rings. The molecule has 1 unspecified atom stereocenters. The Labute approximate surface area is 116 Å². The van der Waals surface area contributed by atoms with Crippen molar-refractivity contribution in [3.63, 3.8) is 0 Å². The normalized spacial score (nSPS) is 13.6. The van der Waals surface area contributed by atoms with Gasteiger partial charge < -0.3 is 5.32 Å². The first kappa shape index (κ1) is 13.4. The number of nitrogens with one attached hydrogen (secondary N) is 1. The molecular weight excluding hydrogens is 264 g/mol. The summed E-state index contributed by atoms with van der Waals surface area (Å²) in [6, 6.07) is 0. The highest BCUT2D eigenvalue weighted by Gasteiger charge is 2.19. The molecule has 0 aromatic carbocycles. The summed E-state index contributed by atoms with van der Waals surface area (Å²) in [5.74, 6) is 1.30. The molecule has 2 aromatic heterocycles. The molecular formula is C12H18N4S2. The van der Waals surface area contributed by atoms with Gasteiger partial charge in [-0.15, -0.1) is 11.3 Å². The molecule has 98 valence electrons. The Hall–Kier alpha value is -1.01. The number of hydrogen-bond donors (Lipinski definition) is 1. The molecule has 0 aliphatic rings. The van der Waals surface area contributed by atoms with Crippen LogP contribution in [0.3, 0.4) is 0 Å². The summed E-state index contributed by atoms with van der Waals surface area (Å²) in [6.45, 7) is 9.37. The van der Waals surface area contributed by atoms with E-state index in [9.17, 15) is 0 Å². The highest BCUT2D eigenvalue weighted by molar-refractivity contribution is 7.10.